The zero-order chi connectivity index (χ0) is 19.4. The van der Waals surface area contributed by atoms with Gasteiger partial charge >= 0.3 is 0 Å². The van der Waals surface area contributed by atoms with Crippen molar-refractivity contribution in [2.45, 2.75) is 38.0 Å². The van der Waals surface area contributed by atoms with Gasteiger partial charge in [-0.05, 0) is 31.0 Å². The lowest BCUT2D eigenvalue weighted by molar-refractivity contribution is 0.193. The van der Waals surface area contributed by atoms with Crippen molar-refractivity contribution in [3.63, 3.8) is 0 Å². The number of methoxy groups -OCH3 is 1. The van der Waals surface area contributed by atoms with E-state index in [4.69, 9.17) is 22.1 Å². The number of benzene rings is 1. The SMILES string of the molecule is CCC(NC[C@H]1C[C@@H](O)CN1c1cc(N)ncn1)c1cc(Cl)ccc1OC. The highest BCUT2D eigenvalue weighted by molar-refractivity contribution is 6.30. The molecule has 27 heavy (non-hydrogen) atoms. The van der Waals surface area contributed by atoms with Crippen molar-refractivity contribution in [2.24, 2.45) is 0 Å². The van der Waals surface area contributed by atoms with Crippen LogP contribution in [-0.4, -0.2) is 47.4 Å². The van der Waals surface area contributed by atoms with E-state index in [0.717, 1.165) is 23.6 Å². The van der Waals surface area contributed by atoms with Crippen LogP contribution in [0.2, 0.25) is 5.02 Å². The minimum absolute atomic E-state index is 0.0914. The summed E-state index contributed by atoms with van der Waals surface area (Å²) in [5.41, 5.74) is 6.82. The number of aliphatic hydroxyl groups is 1. The molecule has 1 aromatic carbocycles. The molecule has 1 fully saturated rings. The molecule has 1 aliphatic rings. The molecular weight excluding hydrogens is 366 g/mol. The number of hydrogen-bond acceptors (Lipinski definition) is 7. The van der Waals surface area contributed by atoms with Crippen molar-refractivity contribution in [3.05, 3.63) is 41.2 Å². The van der Waals surface area contributed by atoms with E-state index < -0.39 is 6.10 Å². The molecule has 0 radical (unpaired) electrons. The van der Waals surface area contributed by atoms with Gasteiger partial charge in [0.1, 0.15) is 23.7 Å². The zero-order valence-electron chi connectivity index (χ0n) is 15.6. The summed E-state index contributed by atoms with van der Waals surface area (Å²) in [6.45, 7) is 3.33. The van der Waals surface area contributed by atoms with E-state index in [2.05, 4.69) is 27.1 Å². The lowest BCUT2D eigenvalue weighted by atomic mass is 10.0. The minimum Gasteiger partial charge on any atom is -0.496 e. The van der Waals surface area contributed by atoms with Crippen molar-refractivity contribution >= 4 is 23.2 Å². The Morgan fingerprint density at radius 2 is 2.22 bits per heavy atom. The smallest absolute Gasteiger partial charge is 0.134 e. The Bertz CT molecular complexity index is 776. The molecule has 146 valence electrons. The van der Waals surface area contributed by atoms with Crippen molar-refractivity contribution in [1.29, 1.82) is 0 Å². The van der Waals surface area contributed by atoms with Crippen LogP contribution in [0.3, 0.4) is 0 Å². The van der Waals surface area contributed by atoms with E-state index in [1.165, 1.54) is 6.33 Å². The second-order valence-electron chi connectivity index (χ2n) is 6.75. The Morgan fingerprint density at radius 1 is 1.41 bits per heavy atom. The van der Waals surface area contributed by atoms with E-state index >= 15 is 0 Å². The molecule has 0 amide bonds. The number of halogens is 1. The summed E-state index contributed by atoms with van der Waals surface area (Å²) in [7, 11) is 1.66. The second kappa shape index (κ2) is 8.73. The zero-order valence-corrected chi connectivity index (χ0v) is 16.4. The van der Waals surface area contributed by atoms with Gasteiger partial charge in [-0.1, -0.05) is 18.5 Å². The first-order valence-electron chi connectivity index (χ1n) is 9.10. The highest BCUT2D eigenvalue weighted by Crippen LogP contribution is 2.31. The summed E-state index contributed by atoms with van der Waals surface area (Å²) in [6, 6.07) is 7.58. The van der Waals surface area contributed by atoms with E-state index in [0.29, 0.717) is 30.4 Å². The number of nitrogen functional groups attached to an aromatic ring is 1. The Morgan fingerprint density at radius 3 is 2.93 bits per heavy atom. The molecule has 1 saturated heterocycles. The van der Waals surface area contributed by atoms with Crippen LogP contribution in [-0.2, 0) is 0 Å². The predicted molar refractivity (Wildman–Crippen MR) is 107 cm³/mol. The van der Waals surface area contributed by atoms with Crippen molar-refractivity contribution < 1.29 is 9.84 Å². The van der Waals surface area contributed by atoms with Gasteiger partial charge in [-0.3, -0.25) is 0 Å². The fourth-order valence-corrected chi connectivity index (χ4v) is 3.80. The van der Waals surface area contributed by atoms with Gasteiger partial charge in [-0.15, -0.1) is 0 Å². The van der Waals surface area contributed by atoms with Gasteiger partial charge in [0.25, 0.3) is 0 Å². The monoisotopic (exact) mass is 391 g/mol. The first-order chi connectivity index (χ1) is 13.0. The Hall–Kier alpha value is -2.09. The van der Waals surface area contributed by atoms with Gasteiger partial charge < -0.3 is 25.8 Å². The second-order valence-corrected chi connectivity index (χ2v) is 7.19. The summed E-state index contributed by atoms with van der Waals surface area (Å²) in [5, 5.41) is 14.5. The molecular formula is C19H26ClN5O2. The number of anilines is 2. The summed E-state index contributed by atoms with van der Waals surface area (Å²) in [4.78, 5) is 10.3. The molecule has 4 N–H and O–H groups in total. The molecule has 1 unspecified atom stereocenters. The topological polar surface area (TPSA) is 96.5 Å². The van der Waals surface area contributed by atoms with Crippen LogP contribution in [0.15, 0.2) is 30.6 Å². The molecule has 1 aromatic heterocycles. The van der Waals surface area contributed by atoms with E-state index in [1.54, 1.807) is 13.2 Å². The molecule has 2 aromatic rings. The van der Waals surface area contributed by atoms with E-state index in [1.807, 2.05) is 18.2 Å². The van der Waals surface area contributed by atoms with Crippen LogP contribution in [0.5, 0.6) is 5.75 Å². The number of nitrogens with two attached hydrogens (primary N) is 1. The summed E-state index contributed by atoms with van der Waals surface area (Å²) in [5.74, 6) is 1.97. The maximum atomic E-state index is 10.2. The van der Waals surface area contributed by atoms with Gasteiger partial charge in [0.15, 0.2) is 0 Å². The quantitative estimate of drug-likeness (QED) is 0.666. The van der Waals surface area contributed by atoms with Crippen molar-refractivity contribution in [2.75, 3.05) is 30.8 Å². The van der Waals surface area contributed by atoms with E-state index in [9.17, 15) is 5.11 Å². The lowest BCUT2D eigenvalue weighted by Crippen LogP contribution is -2.39. The fourth-order valence-electron chi connectivity index (χ4n) is 3.61. The van der Waals surface area contributed by atoms with Crippen LogP contribution in [0.4, 0.5) is 11.6 Å². The summed E-state index contributed by atoms with van der Waals surface area (Å²) in [6.07, 6.45) is 2.60. The average Bonchev–Trinajstić information content (AvgIpc) is 3.03. The van der Waals surface area contributed by atoms with Crippen LogP contribution >= 0.6 is 11.6 Å². The molecule has 7 nitrogen and oxygen atoms in total. The summed E-state index contributed by atoms with van der Waals surface area (Å²) >= 11 is 6.19. The Balaban J connectivity index is 1.74. The molecule has 3 atom stereocenters. The van der Waals surface area contributed by atoms with Crippen LogP contribution in [0.1, 0.15) is 31.4 Å². The van der Waals surface area contributed by atoms with Gasteiger partial charge in [0.05, 0.1) is 13.2 Å². The van der Waals surface area contributed by atoms with Crippen molar-refractivity contribution in [1.82, 2.24) is 15.3 Å². The molecule has 8 heteroatoms. The molecule has 0 aliphatic carbocycles. The molecule has 0 saturated carbocycles. The summed E-state index contributed by atoms with van der Waals surface area (Å²) < 4.78 is 5.50. The van der Waals surface area contributed by atoms with E-state index in [-0.39, 0.29) is 12.1 Å². The number of hydrogen-bond donors (Lipinski definition) is 3. The van der Waals surface area contributed by atoms with Gasteiger partial charge in [0, 0.05) is 41.8 Å². The first-order valence-corrected chi connectivity index (χ1v) is 9.48. The standard InChI is InChI=1S/C19H26ClN5O2/c1-3-16(15-6-12(20)4-5-17(15)27-2)22-9-13-7-14(26)10-25(13)19-8-18(21)23-11-24-19/h4-6,8,11,13-14,16,22,26H,3,7,9-10H2,1-2H3,(H2,21,23,24)/t13-,14-,16?/m1/s1. The number of ether oxygens (including phenoxy) is 1. The van der Waals surface area contributed by atoms with Gasteiger partial charge in [-0.2, -0.15) is 0 Å². The predicted octanol–water partition coefficient (Wildman–Crippen LogP) is 2.40. The maximum absolute atomic E-state index is 10.2. The van der Waals surface area contributed by atoms with Crippen LogP contribution in [0, 0.1) is 0 Å². The van der Waals surface area contributed by atoms with Crippen LogP contribution < -0.4 is 20.7 Å². The third kappa shape index (κ3) is 4.61. The third-order valence-corrected chi connectivity index (χ3v) is 5.17. The minimum atomic E-state index is -0.395. The van der Waals surface area contributed by atoms with Crippen molar-refractivity contribution in [3.8, 4) is 5.75 Å². The molecule has 2 heterocycles. The highest BCUT2D eigenvalue weighted by atomic mass is 35.5. The maximum Gasteiger partial charge on any atom is 0.134 e. The van der Waals surface area contributed by atoms with Crippen LogP contribution in [0.25, 0.3) is 0 Å². The number of nitrogens with zero attached hydrogens (tertiary/aromatic N) is 3. The molecule has 0 spiro atoms. The Kier molecular flexibility index (Phi) is 6.36. The number of aliphatic hydroxyl groups excluding tert-OH is 1. The molecule has 3 rings (SSSR count). The fraction of sp³-hybridized carbons (Fsp3) is 0.474. The molecule has 0 bridgehead atoms. The normalized spacial score (nSPS) is 20.7. The lowest BCUT2D eigenvalue weighted by Gasteiger charge is -2.28. The van der Waals surface area contributed by atoms with Gasteiger partial charge in [0.2, 0.25) is 0 Å². The Labute approximate surface area is 164 Å². The largest absolute Gasteiger partial charge is 0.496 e. The number of nitrogens with one attached hydrogen (secondary N) is 1. The average molecular weight is 392 g/mol. The third-order valence-electron chi connectivity index (χ3n) is 4.94. The van der Waals surface area contributed by atoms with Gasteiger partial charge in [-0.25, -0.2) is 9.97 Å². The number of β-amino-alcohol motifs (C(OH)–C–C–N with tert-alkyl or cyclic N) is 1. The molecule has 1 aliphatic heterocycles. The number of aromatic nitrogens is 2. The highest BCUT2D eigenvalue weighted by Gasteiger charge is 2.32. The number of rotatable bonds is 7. The first kappa shape index (κ1) is 19.7.